The molecule has 2 saturated heterocycles. The van der Waals surface area contributed by atoms with Gasteiger partial charge in [-0.25, -0.2) is 4.79 Å². The maximum Gasteiger partial charge on any atom is 0.411 e. The molecule has 0 bridgehead atoms. The van der Waals surface area contributed by atoms with Gasteiger partial charge in [-0.3, -0.25) is 19.3 Å². The Labute approximate surface area is 262 Å². The monoisotopic (exact) mass is 607 g/mol. The molecule has 9 nitrogen and oxygen atoms in total. The van der Waals surface area contributed by atoms with Gasteiger partial charge in [-0.15, -0.1) is 0 Å². The van der Waals surface area contributed by atoms with E-state index in [2.05, 4.69) is 5.32 Å². The number of carbonyl (C=O) groups excluding carboxylic acids is 3. The van der Waals surface area contributed by atoms with Crippen LogP contribution in [0.2, 0.25) is 0 Å². The summed E-state index contributed by atoms with van der Waals surface area (Å²) >= 11 is 0. The number of carboxylic acids is 1. The van der Waals surface area contributed by atoms with E-state index in [-0.39, 0.29) is 6.61 Å². The summed E-state index contributed by atoms with van der Waals surface area (Å²) in [6, 6.07) is 25.9. The number of cyclic esters (lactones) is 1. The molecule has 0 spiro atoms. The van der Waals surface area contributed by atoms with Gasteiger partial charge in [0, 0.05) is 0 Å². The zero-order valence-corrected chi connectivity index (χ0v) is 25.2. The number of amides is 3. The lowest BCUT2D eigenvalue weighted by atomic mass is 9.75. The highest BCUT2D eigenvalue weighted by Crippen LogP contribution is 2.46. The van der Waals surface area contributed by atoms with Gasteiger partial charge in [-0.05, 0) is 36.5 Å². The van der Waals surface area contributed by atoms with Crippen molar-refractivity contribution < 1.29 is 29.0 Å². The van der Waals surface area contributed by atoms with Crippen LogP contribution in [0.4, 0.5) is 4.79 Å². The quantitative estimate of drug-likeness (QED) is 0.303. The molecule has 2 unspecified atom stereocenters. The summed E-state index contributed by atoms with van der Waals surface area (Å²) in [5.74, 6) is -2.24. The first-order chi connectivity index (χ1) is 21.7. The number of β-lactam (4-membered cyclic amide) rings is 1. The molecule has 3 aromatic carbocycles. The SMILES string of the molecule is CC1(N2C(=O)OC[C@@H]2c2ccccc2)C(=O)N([C@@H](CC(=O)O)C(=O)NC2(c3ccccc3)CCCC2)C1/C=C/c1ccccc1. The van der Waals surface area contributed by atoms with Gasteiger partial charge in [0.15, 0.2) is 0 Å². The molecule has 2 aliphatic heterocycles. The molecule has 232 valence electrons. The molecule has 3 fully saturated rings. The summed E-state index contributed by atoms with van der Waals surface area (Å²) in [6.07, 6.45) is 5.66. The van der Waals surface area contributed by atoms with Crippen LogP contribution in [0.1, 0.15) is 61.8 Å². The topological polar surface area (TPSA) is 116 Å². The van der Waals surface area contributed by atoms with E-state index in [0.717, 1.165) is 29.5 Å². The minimum Gasteiger partial charge on any atom is -0.481 e. The fourth-order valence-corrected chi connectivity index (χ4v) is 7.23. The van der Waals surface area contributed by atoms with Crippen LogP contribution in [-0.4, -0.2) is 63.0 Å². The predicted octanol–water partition coefficient (Wildman–Crippen LogP) is 5.29. The Kier molecular flexibility index (Phi) is 8.18. The Morgan fingerprint density at radius 2 is 1.56 bits per heavy atom. The first-order valence-corrected chi connectivity index (χ1v) is 15.4. The minimum absolute atomic E-state index is 0.0689. The first kappa shape index (κ1) is 30.1. The smallest absolute Gasteiger partial charge is 0.411 e. The number of hydrogen-bond donors (Lipinski definition) is 2. The number of benzene rings is 3. The van der Waals surface area contributed by atoms with Crippen LogP contribution in [-0.2, 0) is 24.7 Å². The lowest BCUT2D eigenvalue weighted by Crippen LogP contribution is -2.81. The van der Waals surface area contributed by atoms with E-state index in [9.17, 15) is 24.3 Å². The summed E-state index contributed by atoms with van der Waals surface area (Å²) in [6.45, 7) is 1.74. The highest BCUT2D eigenvalue weighted by Gasteiger charge is 2.66. The molecular formula is C36H37N3O6. The van der Waals surface area contributed by atoms with Crippen molar-refractivity contribution in [2.75, 3.05) is 6.61 Å². The summed E-state index contributed by atoms with van der Waals surface area (Å²) in [5, 5.41) is 13.2. The molecule has 1 saturated carbocycles. The molecule has 4 atom stereocenters. The number of ether oxygens (including phenoxy) is 1. The molecule has 0 radical (unpaired) electrons. The molecule has 9 heteroatoms. The van der Waals surface area contributed by atoms with E-state index < -0.39 is 59.5 Å². The van der Waals surface area contributed by atoms with Gasteiger partial charge < -0.3 is 20.1 Å². The molecule has 3 aliphatic rings. The number of rotatable bonds is 10. The fourth-order valence-electron chi connectivity index (χ4n) is 7.23. The van der Waals surface area contributed by atoms with Crippen molar-refractivity contribution in [2.24, 2.45) is 0 Å². The van der Waals surface area contributed by atoms with Crippen LogP contribution in [0.15, 0.2) is 97.1 Å². The zero-order chi connectivity index (χ0) is 31.6. The van der Waals surface area contributed by atoms with Crippen molar-refractivity contribution in [3.63, 3.8) is 0 Å². The van der Waals surface area contributed by atoms with Gasteiger partial charge in [0.2, 0.25) is 5.91 Å². The number of nitrogens with zero attached hydrogens (tertiary/aromatic N) is 2. The molecule has 1 aliphatic carbocycles. The number of hydrogen-bond acceptors (Lipinski definition) is 5. The van der Waals surface area contributed by atoms with E-state index in [4.69, 9.17) is 4.74 Å². The van der Waals surface area contributed by atoms with E-state index in [1.807, 2.05) is 97.1 Å². The van der Waals surface area contributed by atoms with Gasteiger partial charge >= 0.3 is 12.1 Å². The summed E-state index contributed by atoms with van der Waals surface area (Å²) in [7, 11) is 0. The predicted molar refractivity (Wildman–Crippen MR) is 168 cm³/mol. The van der Waals surface area contributed by atoms with Gasteiger partial charge in [0.1, 0.15) is 18.2 Å². The molecule has 2 heterocycles. The second-order valence-electron chi connectivity index (χ2n) is 12.2. The maximum atomic E-state index is 14.4. The van der Waals surface area contributed by atoms with Gasteiger partial charge in [-0.1, -0.05) is 116 Å². The second-order valence-corrected chi connectivity index (χ2v) is 12.2. The van der Waals surface area contributed by atoms with E-state index in [1.54, 1.807) is 13.0 Å². The van der Waals surface area contributed by atoms with Crippen LogP contribution in [0.25, 0.3) is 6.08 Å². The lowest BCUT2D eigenvalue weighted by molar-refractivity contribution is -0.177. The van der Waals surface area contributed by atoms with Crippen LogP contribution >= 0.6 is 0 Å². The Morgan fingerprint density at radius 1 is 0.956 bits per heavy atom. The van der Waals surface area contributed by atoms with E-state index in [1.165, 1.54) is 9.80 Å². The highest BCUT2D eigenvalue weighted by molar-refractivity contribution is 6.02. The first-order valence-electron chi connectivity index (χ1n) is 15.4. The maximum absolute atomic E-state index is 14.4. The second kappa shape index (κ2) is 12.2. The molecule has 3 amide bonds. The number of nitrogens with one attached hydrogen (secondary N) is 1. The van der Waals surface area contributed by atoms with Crippen molar-refractivity contribution >= 4 is 30.0 Å². The normalized spacial score (nSPS) is 24.7. The van der Waals surface area contributed by atoms with Gasteiger partial charge in [0.05, 0.1) is 24.0 Å². The van der Waals surface area contributed by atoms with Crippen molar-refractivity contribution in [3.8, 4) is 0 Å². The number of carbonyl (C=O) groups is 4. The Morgan fingerprint density at radius 3 is 2.18 bits per heavy atom. The molecule has 2 N–H and O–H groups in total. The number of aliphatic carboxylic acids is 1. The van der Waals surface area contributed by atoms with Gasteiger partial charge in [0.25, 0.3) is 5.91 Å². The lowest BCUT2D eigenvalue weighted by Gasteiger charge is -2.59. The Balaban J connectivity index is 1.38. The third-order valence-electron chi connectivity index (χ3n) is 9.52. The number of likely N-dealkylation sites (tertiary alicyclic amines) is 1. The highest BCUT2D eigenvalue weighted by atomic mass is 16.6. The van der Waals surface area contributed by atoms with Crippen LogP contribution in [0, 0.1) is 0 Å². The standard InChI is InChI=1S/C36H37N3O6/c1-35(39-29(24-45-34(39)44)26-15-7-3-8-16-26)30(20-19-25-13-5-2-6-14-25)38(33(35)43)28(23-31(40)41)32(42)37-36(21-11-12-22-36)27-17-9-4-10-18-27/h2-10,13-20,28-30H,11-12,21-24H2,1H3,(H,37,42)(H,40,41)/b20-19+/t28-,29+,30?,35?/m0/s1. The molecule has 0 aromatic heterocycles. The molecular weight excluding hydrogens is 570 g/mol. The fraction of sp³-hybridized carbons (Fsp3) is 0.333. The van der Waals surface area contributed by atoms with E-state index >= 15 is 0 Å². The van der Waals surface area contributed by atoms with Crippen molar-refractivity contribution in [2.45, 2.75) is 68.2 Å². The van der Waals surface area contributed by atoms with Crippen molar-refractivity contribution in [1.82, 2.24) is 15.1 Å². The van der Waals surface area contributed by atoms with Gasteiger partial charge in [-0.2, -0.15) is 0 Å². The average molecular weight is 608 g/mol. The molecule has 45 heavy (non-hydrogen) atoms. The van der Waals surface area contributed by atoms with Crippen LogP contribution < -0.4 is 5.32 Å². The van der Waals surface area contributed by atoms with Crippen molar-refractivity contribution in [1.29, 1.82) is 0 Å². The van der Waals surface area contributed by atoms with Crippen LogP contribution in [0.3, 0.4) is 0 Å². The zero-order valence-electron chi connectivity index (χ0n) is 25.2. The van der Waals surface area contributed by atoms with Crippen molar-refractivity contribution in [3.05, 3.63) is 114 Å². The largest absolute Gasteiger partial charge is 0.481 e. The number of carboxylic acid groups (broad SMARTS) is 1. The summed E-state index contributed by atoms with van der Waals surface area (Å²) < 4.78 is 5.49. The van der Waals surface area contributed by atoms with Crippen LogP contribution in [0.5, 0.6) is 0 Å². The summed E-state index contributed by atoms with van der Waals surface area (Å²) in [5.41, 5.74) is 0.541. The Bertz CT molecular complexity index is 1590. The Hall–Kier alpha value is -4.92. The average Bonchev–Trinajstić information content (AvgIpc) is 3.70. The third kappa shape index (κ3) is 5.47. The molecule has 6 rings (SSSR count). The third-order valence-corrected chi connectivity index (χ3v) is 9.52. The van der Waals surface area contributed by atoms with E-state index in [0.29, 0.717) is 12.8 Å². The molecule has 3 aromatic rings. The summed E-state index contributed by atoms with van der Waals surface area (Å²) in [4.78, 5) is 56.9. The minimum atomic E-state index is -1.43.